The maximum Gasteiger partial charge on any atom is 0.254 e. The Labute approximate surface area is 262 Å². The molecular formula is C36H42FN3O5. The number of rotatable bonds is 7. The lowest BCUT2D eigenvalue weighted by Crippen LogP contribution is -2.43. The first-order valence-corrected chi connectivity index (χ1v) is 16.4. The summed E-state index contributed by atoms with van der Waals surface area (Å²) in [5.74, 6) is -0.561. The van der Waals surface area contributed by atoms with E-state index in [1.165, 1.54) is 6.07 Å². The summed E-state index contributed by atoms with van der Waals surface area (Å²) in [6, 6.07) is 2.81. The third-order valence-corrected chi connectivity index (χ3v) is 10.5. The molecule has 1 amide bonds. The topological polar surface area (TPSA) is 111 Å². The van der Waals surface area contributed by atoms with Crippen molar-refractivity contribution in [3.8, 4) is 11.4 Å². The normalized spacial score (nSPS) is 22.6. The molecule has 3 atom stereocenters. The number of hydrogen-bond donors (Lipinski definition) is 2. The number of nitrogens with zero attached hydrogens (tertiary/aromatic N) is 2. The van der Waals surface area contributed by atoms with E-state index in [1.807, 2.05) is 0 Å². The lowest BCUT2D eigenvalue weighted by molar-refractivity contribution is -0.140. The van der Waals surface area contributed by atoms with Crippen LogP contribution in [0.2, 0.25) is 0 Å². The number of aromatic nitrogens is 2. The number of amides is 1. The molecule has 0 unspecified atom stereocenters. The number of carbonyl (C=O) groups excluding carboxylic acids is 2. The van der Waals surface area contributed by atoms with Crippen molar-refractivity contribution in [3.05, 3.63) is 61.7 Å². The van der Waals surface area contributed by atoms with Crippen LogP contribution in [0, 0.1) is 24.1 Å². The van der Waals surface area contributed by atoms with Crippen LogP contribution < -0.4 is 10.9 Å². The van der Waals surface area contributed by atoms with E-state index in [4.69, 9.17) is 9.72 Å². The number of nitrogens with one attached hydrogen (secondary N) is 1. The number of halogens is 1. The molecule has 1 aliphatic heterocycles. The second kappa shape index (κ2) is 10.6. The highest BCUT2D eigenvalue weighted by atomic mass is 19.1. The number of pyridine rings is 2. The molecule has 238 valence electrons. The quantitative estimate of drug-likeness (QED) is 0.291. The standard InChI is InChI=1S/C36H42FN3O5/c1-6-36(44)23-15-27-31-22(17-40(27)34(43)21(23)10-12-28(36)41)30-25(11-9-20-18(2)24(37)16-26(38-31)29(20)30)39-33(42)32(19-7-8-19)45-14-13-35(3,4)5/h15-16,19,25,32,44H,6-14,17H2,1-5H3,(H,39,42)/t25-,32+,36-/m0/s1. The molecule has 0 saturated heterocycles. The van der Waals surface area contributed by atoms with Crippen molar-refractivity contribution in [2.45, 2.75) is 110 Å². The van der Waals surface area contributed by atoms with Crippen molar-refractivity contribution in [2.75, 3.05) is 6.61 Å². The van der Waals surface area contributed by atoms with Crippen molar-refractivity contribution in [3.63, 3.8) is 0 Å². The number of hydrogen-bond acceptors (Lipinski definition) is 6. The minimum atomic E-state index is -1.73. The highest BCUT2D eigenvalue weighted by Gasteiger charge is 2.44. The van der Waals surface area contributed by atoms with E-state index < -0.39 is 11.7 Å². The van der Waals surface area contributed by atoms with Gasteiger partial charge >= 0.3 is 0 Å². The van der Waals surface area contributed by atoms with E-state index >= 15 is 4.39 Å². The van der Waals surface area contributed by atoms with Gasteiger partial charge in [-0.15, -0.1) is 0 Å². The van der Waals surface area contributed by atoms with Gasteiger partial charge in [0.15, 0.2) is 5.78 Å². The Morgan fingerprint density at radius 2 is 1.91 bits per heavy atom. The van der Waals surface area contributed by atoms with Crippen LogP contribution in [0.5, 0.6) is 0 Å². The Bertz CT molecular complexity index is 1840. The molecule has 1 aromatic carbocycles. The molecule has 0 spiro atoms. The average Bonchev–Trinajstić information content (AvgIpc) is 3.76. The third kappa shape index (κ3) is 4.85. The maximum atomic E-state index is 15.2. The van der Waals surface area contributed by atoms with Gasteiger partial charge in [-0.25, -0.2) is 9.37 Å². The number of carbonyl (C=O) groups is 2. The minimum Gasteiger partial charge on any atom is -0.377 e. The van der Waals surface area contributed by atoms with Crippen molar-refractivity contribution in [1.29, 1.82) is 0 Å². The smallest absolute Gasteiger partial charge is 0.254 e. The predicted octanol–water partition coefficient (Wildman–Crippen LogP) is 5.32. The van der Waals surface area contributed by atoms with Gasteiger partial charge in [0.2, 0.25) is 5.91 Å². The van der Waals surface area contributed by atoms with Crippen LogP contribution in [-0.4, -0.2) is 39.1 Å². The van der Waals surface area contributed by atoms with Crippen molar-refractivity contribution >= 4 is 22.6 Å². The van der Waals surface area contributed by atoms with Gasteiger partial charge in [0.1, 0.15) is 17.5 Å². The molecule has 1 saturated carbocycles. The van der Waals surface area contributed by atoms with E-state index in [1.54, 1.807) is 24.5 Å². The molecule has 3 aromatic rings. The van der Waals surface area contributed by atoms with Gasteiger partial charge in [-0.3, -0.25) is 14.4 Å². The Hall–Kier alpha value is -3.43. The van der Waals surface area contributed by atoms with Gasteiger partial charge < -0.3 is 19.7 Å². The number of ether oxygens (including phenoxy) is 1. The molecule has 2 N–H and O–H groups in total. The Morgan fingerprint density at radius 3 is 2.60 bits per heavy atom. The first-order chi connectivity index (χ1) is 21.3. The maximum absolute atomic E-state index is 15.2. The zero-order chi connectivity index (χ0) is 32.0. The fourth-order valence-electron chi connectivity index (χ4n) is 7.65. The molecule has 45 heavy (non-hydrogen) atoms. The summed E-state index contributed by atoms with van der Waals surface area (Å²) in [5.41, 5.74) is 3.61. The number of aliphatic hydroxyl groups is 1. The second-order valence-corrected chi connectivity index (χ2v) is 14.7. The van der Waals surface area contributed by atoms with Crippen LogP contribution in [0.1, 0.15) is 106 Å². The van der Waals surface area contributed by atoms with Crippen LogP contribution in [0.25, 0.3) is 22.3 Å². The fourth-order valence-corrected chi connectivity index (χ4v) is 7.65. The van der Waals surface area contributed by atoms with Gasteiger partial charge in [-0.1, -0.05) is 27.7 Å². The molecule has 1 fully saturated rings. The first kappa shape index (κ1) is 30.2. The lowest BCUT2D eigenvalue weighted by Gasteiger charge is -2.32. The number of Topliss-reactive ketones (excluding diaryl/α,β-unsaturated/α-hetero) is 1. The zero-order valence-corrected chi connectivity index (χ0v) is 26.8. The van der Waals surface area contributed by atoms with Crippen LogP contribution in [0.4, 0.5) is 4.39 Å². The molecule has 0 radical (unpaired) electrons. The summed E-state index contributed by atoms with van der Waals surface area (Å²) in [6.07, 6.45) is 3.97. The summed E-state index contributed by atoms with van der Waals surface area (Å²) >= 11 is 0. The van der Waals surface area contributed by atoms with Crippen LogP contribution >= 0.6 is 0 Å². The van der Waals surface area contributed by atoms with E-state index in [0.717, 1.165) is 41.3 Å². The largest absolute Gasteiger partial charge is 0.377 e. The van der Waals surface area contributed by atoms with Gasteiger partial charge in [0.25, 0.3) is 5.56 Å². The highest BCUT2D eigenvalue weighted by molar-refractivity contribution is 5.95. The van der Waals surface area contributed by atoms with E-state index in [9.17, 15) is 19.5 Å². The predicted molar refractivity (Wildman–Crippen MR) is 168 cm³/mol. The van der Waals surface area contributed by atoms with E-state index in [0.29, 0.717) is 53.0 Å². The number of fused-ring (bicyclic) bond motifs is 5. The molecule has 2 aromatic heterocycles. The Morgan fingerprint density at radius 1 is 1.16 bits per heavy atom. The Balaban J connectivity index is 1.34. The van der Waals surface area contributed by atoms with Crippen molar-refractivity contribution < 1.29 is 23.8 Å². The molecule has 9 heteroatoms. The molecule has 7 rings (SSSR count). The van der Waals surface area contributed by atoms with Gasteiger partial charge in [-0.2, -0.15) is 0 Å². The molecule has 3 aliphatic carbocycles. The highest BCUT2D eigenvalue weighted by Crippen LogP contribution is 2.46. The van der Waals surface area contributed by atoms with Crippen molar-refractivity contribution in [1.82, 2.24) is 14.9 Å². The molecule has 0 bridgehead atoms. The average molecular weight is 616 g/mol. The van der Waals surface area contributed by atoms with Gasteiger partial charge in [-0.05, 0) is 86.0 Å². The lowest BCUT2D eigenvalue weighted by atomic mass is 9.77. The number of aryl methyl sites for hydroxylation is 1. The van der Waals surface area contributed by atoms with E-state index in [2.05, 4.69) is 26.1 Å². The molecule has 4 aliphatic rings. The number of ketones is 1. The van der Waals surface area contributed by atoms with Crippen LogP contribution in [-0.2, 0) is 39.3 Å². The molecule has 3 heterocycles. The minimum absolute atomic E-state index is 0.0976. The van der Waals surface area contributed by atoms with E-state index in [-0.39, 0.29) is 66.2 Å². The summed E-state index contributed by atoms with van der Waals surface area (Å²) in [7, 11) is 0. The summed E-state index contributed by atoms with van der Waals surface area (Å²) in [6.45, 7) is 10.7. The van der Waals surface area contributed by atoms with Crippen LogP contribution in [0.15, 0.2) is 16.9 Å². The summed E-state index contributed by atoms with van der Waals surface area (Å²) < 4.78 is 23.1. The fraction of sp³-hybridized carbons (Fsp3) is 0.556. The molecule has 8 nitrogen and oxygen atoms in total. The molecular weight excluding hydrogens is 573 g/mol. The number of benzene rings is 1. The second-order valence-electron chi connectivity index (χ2n) is 14.7. The Kier molecular flexibility index (Phi) is 7.09. The van der Waals surface area contributed by atoms with Crippen LogP contribution in [0.3, 0.4) is 0 Å². The summed E-state index contributed by atoms with van der Waals surface area (Å²) in [4.78, 5) is 45.6. The van der Waals surface area contributed by atoms with Gasteiger partial charge in [0, 0.05) is 41.2 Å². The monoisotopic (exact) mass is 615 g/mol. The zero-order valence-electron chi connectivity index (χ0n) is 26.8. The van der Waals surface area contributed by atoms with Crippen molar-refractivity contribution in [2.24, 2.45) is 11.3 Å². The summed E-state index contributed by atoms with van der Waals surface area (Å²) in [5, 5.41) is 15.6. The first-order valence-electron chi connectivity index (χ1n) is 16.4. The van der Waals surface area contributed by atoms with Gasteiger partial charge in [0.05, 0.1) is 29.5 Å². The third-order valence-electron chi connectivity index (χ3n) is 10.5. The SMILES string of the molecule is CC[C@@]1(O)C(=O)CCc2c1cc1n(c2=O)Cc2c-1nc1cc(F)c(C)c3c1c2[C@@H](NC(=O)[C@H](OCCC(C)(C)C)C1CC1)CC3.